The predicted octanol–water partition coefficient (Wildman–Crippen LogP) is 2.92. The molecule has 0 radical (unpaired) electrons. The van der Waals surface area contributed by atoms with Gasteiger partial charge in [-0.2, -0.15) is 5.26 Å². The van der Waals surface area contributed by atoms with Gasteiger partial charge < -0.3 is 0 Å². The standard InChI is InChI=1S/C8H4BrF3N2/c9-2-6-4(8(11)12)1-5(10)7(3-13)14-6/h1,8H,2H2. The van der Waals surface area contributed by atoms with Crippen LogP contribution >= 0.6 is 15.9 Å². The summed E-state index contributed by atoms with van der Waals surface area (Å²) in [5.74, 6) is -1.02. The smallest absolute Gasteiger partial charge is 0.238 e. The highest BCUT2D eigenvalue weighted by molar-refractivity contribution is 9.08. The number of halogens is 4. The van der Waals surface area contributed by atoms with Crippen molar-refractivity contribution in [2.75, 3.05) is 0 Å². The van der Waals surface area contributed by atoms with Crippen molar-refractivity contribution >= 4 is 15.9 Å². The zero-order chi connectivity index (χ0) is 10.7. The maximum absolute atomic E-state index is 12.9. The molecule has 1 aromatic heterocycles. The van der Waals surface area contributed by atoms with Crippen molar-refractivity contribution in [2.24, 2.45) is 0 Å². The molecule has 0 N–H and O–H groups in total. The maximum Gasteiger partial charge on any atom is 0.265 e. The molecule has 1 aromatic rings. The fraction of sp³-hybridized carbons (Fsp3) is 0.250. The Hall–Kier alpha value is -1.09. The van der Waals surface area contributed by atoms with Crippen molar-refractivity contribution in [2.45, 2.75) is 11.8 Å². The zero-order valence-electron chi connectivity index (χ0n) is 6.77. The molecule has 0 bridgehead atoms. The van der Waals surface area contributed by atoms with Crippen molar-refractivity contribution in [1.82, 2.24) is 4.98 Å². The van der Waals surface area contributed by atoms with Crippen LogP contribution in [-0.4, -0.2) is 4.98 Å². The van der Waals surface area contributed by atoms with Gasteiger partial charge in [-0.1, -0.05) is 15.9 Å². The molecule has 0 aromatic carbocycles. The molecule has 0 aliphatic heterocycles. The van der Waals surface area contributed by atoms with Crippen molar-refractivity contribution < 1.29 is 13.2 Å². The largest absolute Gasteiger partial charge is 0.265 e. The summed E-state index contributed by atoms with van der Waals surface area (Å²) in [7, 11) is 0. The molecular weight excluding hydrogens is 261 g/mol. The minimum atomic E-state index is -2.79. The average molecular weight is 265 g/mol. The lowest BCUT2D eigenvalue weighted by Gasteiger charge is -2.05. The van der Waals surface area contributed by atoms with Gasteiger partial charge in [0.15, 0.2) is 11.5 Å². The quantitative estimate of drug-likeness (QED) is 0.771. The van der Waals surface area contributed by atoms with Crippen LogP contribution < -0.4 is 0 Å². The minimum Gasteiger partial charge on any atom is -0.238 e. The molecule has 0 saturated carbocycles. The molecule has 14 heavy (non-hydrogen) atoms. The van der Waals surface area contributed by atoms with Crippen LogP contribution in [0.15, 0.2) is 6.07 Å². The maximum atomic E-state index is 12.9. The molecule has 0 atom stereocenters. The van der Waals surface area contributed by atoms with Crippen molar-refractivity contribution in [1.29, 1.82) is 5.26 Å². The highest BCUT2D eigenvalue weighted by Crippen LogP contribution is 2.24. The van der Waals surface area contributed by atoms with E-state index < -0.39 is 23.5 Å². The van der Waals surface area contributed by atoms with Gasteiger partial charge in [0.25, 0.3) is 6.43 Å². The predicted molar refractivity (Wildman–Crippen MR) is 46.5 cm³/mol. The van der Waals surface area contributed by atoms with Crippen LogP contribution in [0.1, 0.15) is 23.4 Å². The van der Waals surface area contributed by atoms with E-state index in [4.69, 9.17) is 5.26 Å². The number of hydrogen-bond acceptors (Lipinski definition) is 2. The van der Waals surface area contributed by atoms with Crippen molar-refractivity contribution in [3.05, 3.63) is 28.8 Å². The molecule has 0 unspecified atom stereocenters. The molecule has 74 valence electrons. The topological polar surface area (TPSA) is 36.7 Å². The zero-order valence-corrected chi connectivity index (χ0v) is 8.35. The van der Waals surface area contributed by atoms with Gasteiger partial charge in [-0.3, -0.25) is 0 Å². The summed E-state index contributed by atoms with van der Waals surface area (Å²) < 4.78 is 37.5. The Balaban J connectivity index is 3.33. The molecule has 0 fully saturated rings. The van der Waals surface area contributed by atoms with Crippen LogP contribution in [0.25, 0.3) is 0 Å². The molecule has 0 amide bonds. The molecule has 6 heteroatoms. The Bertz CT molecular complexity index is 387. The molecular formula is C8H4BrF3N2. The summed E-state index contributed by atoms with van der Waals surface area (Å²) in [6.45, 7) is 0. The lowest BCUT2D eigenvalue weighted by molar-refractivity contribution is 0.149. The second-order valence-electron chi connectivity index (χ2n) is 2.40. The Morgan fingerprint density at radius 1 is 1.57 bits per heavy atom. The number of nitrogens with zero attached hydrogens (tertiary/aromatic N) is 2. The number of rotatable bonds is 2. The highest BCUT2D eigenvalue weighted by Gasteiger charge is 2.17. The molecule has 1 rings (SSSR count). The van der Waals surface area contributed by atoms with Crippen LogP contribution in [0, 0.1) is 17.1 Å². The van der Waals surface area contributed by atoms with Gasteiger partial charge in [0.1, 0.15) is 6.07 Å². The first-order valence-corrected chi connectivity index (χ1v) is 4.65. The van der Waals surface area contributed by atoms with Crippen LogP contribution in [0.5, 0.6) is 0 Å². The summed E-state index contributed by atoms with van der Waals surface area (Å²) in [5, 5.41) is 8.47. The van der Waals surface area contributed by atoms with Crippen LogP contribution in [-0.2, 0) is 5.33 Å². The normalized spacial score (nSPS) is 10.3. The van der Waals surface area contributed by atoms with Crippen LogP contribution in [0.3, 0.4) is 0 Å². The van der Waals surface area contributed by atoms with E-state index in [9.17, 15) is 13.2 Å². The summed E-state index contributed by atoms with van der Waals surface area (Å²) in [4.78, 5) is 3.47. The molecule has 0 spiro atoms. The van der Waals surface area contributed by atoms with E-state index in [0.29, 0.717) is 6.07 Å². The molecule has 1 heterocycles. The Morgan fingerprint density at radius 3 is 2.64 bits per heavy atom. The lowest BCUT2D eigenvalue weighted by Crippen LogP contribution is -2.01. The Labute approximate surface area is 86.5 Å². The number of hydrogen-bond donors (Lipinski definition) is 0. The Morgan fingerprint density at radius 2 is 2.21 bits per heavy atom. The van der Waals surface area contributed by atoms with Gasteiger partial charge in [0, 0.05) is 10.9 Å². The van der Waals surface area contributed by atoms with E-state index in [2.05, 4.69) is 20.9 Å². The van der Waals surface area contributed by atoms with Gasteiger partial charge in [-0.25, -0.2) is 18.2 Å². The first kappa shape index (κ1) is 11.0. The van der Waals surface area contributed by atoms with Gasteiger partial charge in [0.05, 0.1) is 5.69 Å². The minimum absolute atomic E-state index is 0.0158. The monoisotopic (exact) mass is 264 g/mol. The van der Waals surface area contributed by atoms with E-state index in [-0.39, 0.29) is 11.0 Å². The summed E-state index contributed by atoms with van der Waals surface area (Å²) in [6, 6.07) is 2.13. The third-order valence-electron chi connectivity index (χ3n) is 1.56. The third kappa shape index (κ3) is 2.04. The highest BCUT2D eigenvalue weighted by atomic mass is 79.9. The number of aromatic nitrogens is 1. The fourth-order valence-electron chi connectivity index (χ4n) is 0.915. The van der Waals surface area contributed by atoms with E-state index in [1.165, 1.54) is 6.07 Å². The third-order valence-corrected chi connectivity index (χ3v) is 2.09. The van der Waals surface area contributed by atoms with Crippen molar-refractivity contribution in [3.63, 3.8) is 0 Å². The number of nitriles is 1. The van der Waals surface area contributed by atoms with Gasteiger partial charge in [-0.15, -0.1) is 0 Å². The molecule has 0 aliphatic rings. The second kappa shape index (κ2) is 4.42. The lowest BCUT2D eigenvalue weighted by atomic mass is 10.2. The van der Waals surface area contributed by atoms with Gasteiger partial charge in [0.2, 0.25) is 0 Å². The summed E-state index contributed by atoms with van der Waals surface area (Å²) in [5.41, 5.74) is -0.972. The van der Waals surface area contributed by atoms with Gasteiger partial charge in [-0.05, 0) is 6.07 Å². The van der Waals surface area contributed by atoms with E-state index >= 15 is 0 Å². The number of pyridine rings is 1. The van der Waals surface area contributed by atoms with Crippen LogP contribution in [0.4, 0.5) is 13.2 Å². The molecule has 0 aliphatic carbocycles. The summed E-state index contributed by atoms with van der Waals surface area (Å²) >= 11 is 2.94. The SMILES string of the molecule is N#Cc1nc(CBr)c(C(F)F)cc1F. The summed E-state index contributed by atoms with van der Waals surface area (Å²) in [6.07, 6.45) is -2.79. The van der Waals surface area contributed by atoms with E-state index in [1.54, 1.807) is 0 Å². The molecule has 0 saturated heterocycles. The number of alkyl halides is 3. The van der Waals surface area contributed by atoms with Crippen LogP contribution in [0.2, 0.25) is 0 Å². The first-order chi connectivity index (χ1) is 6.60. The van der Waals surface area contributed by atoms with E-state index in [0.717, 1.165) is 0 Å². The second-order valence-corrected chi connectivity index (χ2v) is 2.96. The van der Waals surface area contributed by atoms with E-state index in [1.807, 2.05) is 0 Å². The van der Waals surface area contributed by atoms with Gasteiger partial charge >= 0.3 is 0 Å². The average Bonchev–Trinajstić information content (AvgIpc) is 2.17. The first-order valence-electron chi connectivity index (χ1n) is 3.53. The van der Waals surface area contributed by atoms with Crippen molar-refractivity contribution in [3.8, 4) is 6.07 Å². The Kier molecular flexibility index (Phi) is 3.47. The fourth-order valence-corrected chi connectivity index (χ4v) is 1.36. The molecule has 2 nitrogen and oxygen atoms in total.